The van der Waals surface area contributed by atoms with E-state index in [0.29, 0.717) is 13.2 Å². The number of halogens is 1. The molecule has 100 valence electrons. The van der Waals surface area contributed by atoms with E-state index in [0.717, 1.165) is 11.1 Å². The van der Waals surface area contributed by atoms with Gasteiger partial charge < -0.3 is 10.1 Å². The number of rotatable bonds is 5. The Kier molecular flexibility index (Phi) is 4.91. The van der Waals surface area contributed by atoms with Crippen LogP contribution in [0, 0.1) is 12.7 Å². The van der Waals surface area contributed by atoms with Crippen LogP contribution in [0.25, 0.3) is 0 Å². The van der Waals surface area contributed by atoms with Gasteiger partial charge in [-0.2, -0.15) is 0 Å². The SMILES string of the molecule is C=C(CNC(C)(C)C)COc1cc(C)ccc1F. The second-order valence-corrected chi connectivity index (χ2v) is 5.58. The zero-order valence-corrected chi connectivity index (χ0v) is 11.6. The number of nitrogens with one attached hydrogen (secondary N) is 1. The minimum atomic E-state index is -0.336. The molecule has 0 radical (unpaired) electrons. The summed E-state index contributed by atoms with van der Waals surface area (Å²) in [5.74, 6) is -0.0518. The average molecular weight is 251 g/mol. The van der Waals surface area contributed by atoms with Gasteiger partial charge in [0.2, 0.25) is 0 Å². The van der Waals surface area contributed by atoms with Gasteiger partial charge in [0.1, 0.15) is 6.61 Å². The lowest BCUT2D eigenvalue weighted by Gasteiger charge is -2.21. The van der Waals surface area contributed by atoms with Crippen LogP contribution in [0.2, 0.25) is 0 Å². The molecule has 1 N–H and O–H groups in total. The van der Waals surface area contributed by atoms with Crippen LogP contribution in [0.1, 0.15) is 26.3 Å². The molecule has 0 fully saturated rings. The van der Waals surface area contributed by atoms with Crippen molar-refractivity contribution in [2.75, 3.05) is 13.2 Å². The molecule has 0 bridgehead atoms. The first kappa shape index (κ1) is 14.7. The number of hydrogen-bond acceptors (Lipinski definition) is 2. The zero-order chi connectivity index (χ0) is 13.8. The molecule has 0 aliphatic rings. The standard InChI is InChI=1S/C15H22FNO/c1-11-6-7-13(16)14(8-11)18-10-12(2)9-17-15(3,4)5/h6-8,17H,2,9-10H2,1,3-5H3. The molecule has 0 aliphatic carbocycles. The van der Waals surface area contributed by atoms with Crippen LogP contribution in [0.4, 0.5) is 4.39 Å². The molecule has 18 heavy (non-hydrogen) atoms. The highest BCUT2D eigenvalue weighted by Crippen LogP contribution is 2.18. The normalized spacial score (nSPS) is 11.4. The molecule has 2 nitrogen and oxygen atoms in total. The molecule has 1 aromatic carbocycles. The summed E-state index contributed by atoms with van der Waals surface area (Å²) in [6.07, 6.45) is 0. The molecule has 1 aromatic rings. The van der Waals surface area contributed by atoms with Crippen LogP contribution in [0.5, 0.6) is 5.75 Å². The summed E-state index contributed by atoms with van der Waals surface area (Å²) in [6, 6.07) is 4.83. The van der Waals surface area contributed by atoms with Crippen molar-refractivity contribution in [1.29, 1.82) is 0 Å². The largest absolute Gasteiger partial charge is 0.486 e. The molecular weight excluding hydrogens is 229 g/mol. The first-order valence-electron chi connectivity index (χ1n) is 6.08. The summed E-state index contributed by atoms with van der Waals surface area (Å²) in [5, 5.41) is 3.31. The first-order chi connectivity index (χ1) is 8.28. The summed E-state index contributed by atoms with van der Waals surface area (Å²) in [5.41, 5.74) is 1.91. The quantitative estimate of drug-likeness (QED) is 0.809. The van der Waals surface area contributed by atoms with Crippen LogP contribution < -0.4 is 10.1 Å². The lowest BCUT2D eigenvalue weighted by Crippen LogP contribution is -2.37. The van der Waals surface area contributed by atoms with E-state index >= 15 is 0 Å². The van der Waals surface area contributed by atoms with Crippen LogP contribution in [0.15, 0.2) is 30.4 Å². The van der Waals surface area contributed by atoms with Gasteiger partial charge in [0.15, 0.2) is 11.6 Å². The number of aryl methyl sites for hydroxylation is 1. The molecule has 0 atom stereocenters. The Balaban J connectivity index is 2.45. The third kappa shape index (κ3) is 5.32. The summed E-state index contributed by atoms with van der Waals surface area (Å²) >= 11 is 0. The van der Waals surface area contributed by atoms with Crippen molar-refractivity contribution in [3.05, 3.63) is 41.7 Å². The number of benzene rings is 1. The minimum Gasteiger partial charge on any atom is -0.486 e. The van der Waals surface area contributed by atoms with Gasteiger partial charge in [0.25, 0.3) is 0 Å². The lowest BCUT2D eigenvalue weighted by atomic mass is 10.1. The Labute approximate surface area is 109 Å². The van der Waals surface area contributed by atoms with Crippen LogP contribution in [-0.2, 0) is 0 Å². The fourth-order valence-electron chi connectivity index (χ4n) is 1.34. The molecule has 1 rings (SSSR count). The maximum atomic E-state index is 13.4. The molecule has 0 amide bonds. The smallest absolute Gasteiger partial charge is 0.165 e. The summed E-state index contributed by atoms with van der Waals surface area (Å²) in [4.78, 5) is 0. The van der Waals surface area contributed by atoms with Crippen molar-refractivity contribution >= 4 is 0 Å². The predicted molar refractivity (Wildman–Crippen MR) is 73.5 cm³/mol. The maximum absolute atomic E-state index is 13.4. The van der Waals surface area contributed by atoms with Gasteiger partial charge in [-0.1, -0.05) is 12.6 Å². The third-order valence-electron chi connectivity index (χ3n) is 2.39. The van der Waals surface area contributed by atoms with E-state index in [1.165, 1.54) is 6.07 Å². The highest BCUT2D eigenvalue weighted by Gasteiger charge is 2.09. The molecule has 0 saturated heterocycles. The molecule has 0 heterocycles. The van der Waals surface area contributed by atoms with E-state index in [4.69, 9.17) is 4.74 Å². The molecular formula is C15H22FNO. The molecule has 0 aliphatic heterocycles. The summed E-state index contributed by atoms with van der Waals surface area (Å²) < 4.78 is 18.9. The summed E-state index contributed by atoms with van der Waals surface area (Å²) in [6.45, 7) is 13.1. The second-order valence-electron chi connectivity index (χ2n) is 5.58. The van der Waals surface area contributed by atoms with Crippen molar-refractivity contribution < 1.29 is 9.13 Å². The Morgan fingerprint density at radius 1 is 1.39 bits per heavy atom. The van der Waals surface area contributed by atoms with Crippen molar-refractivity contribution in [3.63, 3.8) is 0 Å². The van der Waals surface area contributed by atoms with Crippen molar-refractivity contribution in [1.82, 2.24) is 5.32 Å². The summed E-state index contributed by atoms with van der Waals surface area (Å²) in [7, 11) is 0. The van der Waals surface area contributed by atoms with Crippen LogP contribution in [0.3, 0.4) is 0 Å². The van der Waals surface area contributed by atoms with Crippen LogP contribution >= 0.6 is 0 Å². The maximum Gasteiger partial charge on any atom is 0.165 e. The van der Waals surface area contributed by atoms with Gasteiger partial charge >= 0.3 is 0 Å². The fraction of sp³-hybridized carbons (Fsp3) is 0.467. The van der Waals surface area contributed by atoms with E-state index in [2.05, 4.69) is 32.7 Å². The average Bonchev–Trinajstić information content (AvgIpc) is 2.26. The van der Waals surface area contributed by atoms with Gasteiger partial charge in [-0.05, 0) is 51.0 Å². The van der Waals surface area contributed by atoms with Gasteiger partial charge in [-0.25, -0.2) is 4.39 Å². The van der Waals surface area contributed by atoms with Crippen molar-refractivity contribution in [3.8, 4) is 5.75 Å². The Morgan fingerprint density at radius 2 is 2.06 bits per heavy atom. The van der Waals surface area contributed by atoms with E-state index in [1.54, 1.807) is 12.1 Å². The highest BCUT2D eigenvalue weighted by molar-refractivity contribution is 5.29. The molecule has 0 aromatic heterocycles. The van der Waals surface area contributed by atoms with Crippen molar-refractivity contribution in [2.45, 2.75) is 33.2 Å². The monoisotopic (exact) mass is 251 g/mol. The number of ether oxygens (including phenoxy) is 1. The highest BCUT2D eigenvalue weighted by atomic mass is 19.1. The van der Waals surface area contributed by atoms with Crippen molar-refractivity contribution in [2.24, 2.45) is 0 Å². The van der Waals surface area contributed by atoms with Gasteiger partial charge in [0.05, 0.1) is 0 Å². The Bertz CT molecular complexity index is 421. The Morgan fingerprint density at radius 3 is 2.67 bits per heavy atom. The van der Waals surface area contributed by atoms with E-state index in [1.807, 2.05) is 6.92 Å². The van der Waals surface area contributed by atoms with E-state index in [-0.39, 0.29) is 17.1 Å². The first-order valence-corrected chi connectivity index (χ1v) is 6.08. The molecule has 0 unspecified atom stereocenters. The van der Waals surface area contributed by atoms with Gasteiger partial charge in [0, 0.05) is 12.1 Å². The number of hydrogen-bond donors (Lipinski definition) is 1. The minimum absolute atomic E-state index is 0.0392. The predicted octanol–water partition coefficient (Wildman–Crippen LogP) is 3.46. The van der Waals surface area contributed by atoms with Crippen LogP contribution in [-0.4, -0.2) is 18.7 Å². The lowest BCUT2D eigenvalue weighted by molar-refractivity contribution is 0.324. The third-order valence-corrected chi connectivity index (χ3v) is 2.39. The van der Waals surface area contributed by atoms with E-state index < -0.39 is 0 Å². The zero-order valence-electron chi connectivity index (χ0n) is 11.6. The Hall–Kier alpha value is -1.35. The molecule has 0 saturated carbocycles. The topological polar surface area (TPSA) is 21.3 Å². The van der Waals surface area contributed by atoms with E-state index in [9.17, 15) is 4.39 Å². The molecule has 0 spiro atoms. The molecule has 3 heteroatoms. The van der Waals surface area contributed by atoms with Gasteiger partial charge in [-0.15, -0.1) is 0 Å². The fourth-order valence-corrected chi connectivity index (χ4v) is 1.34. The second kappa shape index (κ2) is 6.01. The van der Waals surface area contributed by atoms with Gasteiger partial charge in [-0.3, -0.25) is 0 Å².